The molecule has 3 nitrogen and oxygen atoms in total. The molecule has 1 fully saturated rings. The summed E-state index contributed by atoms with van der Waals surface area (Å²) in [6.45, 7) is 3.50. The van der Waals surface area contributed by atoms with Crippen molar-refractivity contribution >= 4 is 0 Å². The van der Waals surface area contributed by atoms with Crippen molar-refractivity contribution in [1.82, 2.24) is 10.2 Å². The van der Waals surface area contributed by atoms with Crippen LogP contribution in [-0.2, 0) is 4.74 Å². The molecule has 0 aliphatic carbocycles. The highest BCUT2D eigenvalue weighted by Gasteiger charge is 2.31. The van der Waals surface area contributed by atoms with Crippen molar-refractivity contribution in [2.45, 2.75) is 31.8 Å². The number of alkyl halides is 3. The van der Waals surface area contributed by atoms with Crippen molar-refractivity contribution in [2.75, 3.05) is 26.2 Å². The van der Waals surface area contributed by atoms with Crippen LogP contribution in [0, 0.1) is 0 Å². The lowest BCUT2D eigenvalue weighted by Gasteiger charge is -2.40. The van der Waals surface area contributed by atoms with E-state index in [9.17, 15) is 13.2 Å². The molecule has 0 radical (unpaired) electrons. The van der Waals surface area contributed by atoms with Crippen molar-refractivity contribution in [1.29, 1.82) is 0 Å². The third kappa shape index (κ3) is 4.98. The number of piperazine rings is 1. The second kappa shape index (κ2) is 7.24. The molecule has 21 heavy (non-hydrogen) atoms. The quantitative estimate of drug-likeness (QED) is 0.905. The Bertz CT molecular complexity index is 425. The molecule has 2 rings (SSSR count). The third-order valence-electron chi connectivity index (χ3n) is 3.85. The topological polar surface area (TPSA) is 24.5 Å². The number of hydrogen-bond acceptors (Lipinski definition) is 3. The molecule has 6 heteroatoms. The average Bonchev–Trinajstić information content (AvgIpc) is 2.47. The lowest BCUT2D eigenvalue weighted by molar-refractivity contribution is -0.325. The van der Waals surface area contributed by atoms with Gasteiger partial charge in [0.25, 0.3) is 0 Å². The summed E-state index contributed by atoms with van der Waals surface area (Å²) in [6, 6.07) is 10.4. The molecule has 2 unspecified atom stereocenters. The summed E-state index contributed by atoms with van der Waals surface area (Å²) in [5.74, 6) is 0. The zero-order chi connectivity index (χ0) is 15.3. The first-order chi connectivity index (χ1) is 9.99. The molecule has 0 amide bonds. The van der Waals surface area contributed by atoms with Crippen LogP contribution in [0.2, 0.25) is 0 Å². The normalized spacial score (nSPS) is 24.2. The first kappa shape index (κ1) is 16.3. The molecule has 1 aromatic rings. The van der Waals surface area contributed by atoms with Gasteiger partial charge in [-0.3, -0.25) is 9.64 Å². The third-order valence-corrected chi connectivity index (χ3v) is 3.85. The van der Waals surface area contributed by atoms with Crippen molar-refractivity contribution < 1.29 is 17.9 Å². The van der Waals surface area contributed by atoms with Gasteiger partial charge in [0.2, 0.25) is 0 Å². The van der Waals surface area contributed by atoms with Crippen LogP contribution in [0.15, 0.2) is 30.3 Å². The van der Waals surface area contributed by atoms with Crippen LogP contribution in [-0.4, -0.2) is 43.5 Å². The Balaban J connectivity index is 1.93. The van der Waals surface area contributed by atoms with E-state index in [0.717, 1.165) is 18.5 Å². The van der Waals surface area contributed by atoms with Gasteiger partial charge in [0.05, 0.1) is 6.61 Å². The Hall–Kier alpha value is -1.11. The largest absolute Gasteiger partial charge is 0.522 e. The van der Waals surface area contributed by atoms with Crippen molar-refractivity contribution in [2.24, 2.45) is 0 Å². The van der Waals surface area contributed by atoms with E-state index in [0.29, 0.717) is 13.1 Å². The number of hydrogen-bond donors (Lipinski definition) is 1. The second-order valence-electron chi connectivity index (χ2n) is 5.22. The first-order valence-electron chi connectivity index (χ1n) is 7.22. The number of ether oxygens (including phenoxy) is 1. The standard InChI is InChI=1S/C15H21F3N2O/c1-2-13-10-19-14(12-6-4-3-5-7-12)11-20(13)8-9-21-15(16,17)18/h3-7,13-14,19H,2,8-11H2,1H3. The maximum Gasteiger partial charge on any atom is 0.522 e. The first-order valence-corrected chi connectivity index (χ1v) is 7.22. The van der Waals surface area contributed by atoms with Gasteiger partial charge in [-0.2, -0.15) is 0 Å². The van der Waals surface area contributed by atoms with Crippen LogP contribution < -0.4 is 5.32 Å². The van der Waals surface area contributed by atoms with E-state index in [1.165, 1.54) is 0 Å². The van der Waals surface area contributed by atoms with Crippen LogP contribution >= 0.6 is 0 Å². The average molecular weight is 302 g/mol. The van der Waals surface area contributed by atoms with Gasteiger partial charge in [-0.15, -0.1) is 13.2 Å². The molecule has 0 bridgehead atoms. The molecule has 1 saturated heterocycles. The minimum Gasteiger partial charge on any atom is -0.307 e. The lowest BCUT2D eigenvalue weighted by Crippen LogP contribution is -2.53. The fourth-order valence-corrected chi connectivity index (χ4v) is 2.72. The highest BCUT2D eigenvalue weighted by molar-refractivity contribution is 5.20. The maximum absolute atomic E-state index is 12.1. The van der Waals surface area contributed by atoms with E-state index in [1.807, 2.05) is 37.3 Å². The van der Waals surface area contributed by atoms with Gasteiger partial charge in [0, 0.05) is 31.7 Å². The fourth-order valence-electron chi connectivity index (χ4n) is 2.72. The van der Waals surface area contributed by atoms with E-state index in [4.69, 9.17) is 0 Å². The molecule has 1 aliphatic heterocycles. The van der Waals surface area contributed by atoms with Gasteiger partial charge >= 0.3 is 6.36 Å². The number of nitrogens with zero attached hydrogens (tertiary/aromatic N) is 1. The van der Waals surface area contributed by atoms with Gasteiger partial charge in [0.1, 0.15) is 0 Å². The van der Waals surface area contributed by atoms with Gasteiger partial charge in [0.15, 0.2) is 0 Å². The summed E-state index contributed by atoms with van der Waals surface area (Å²) in [4.78, 5) is 2.08. The van der Waals surface area contributed by atoms with Gasteiger partial charge in [-0.05, 0) is 12.0 Å². The van der Waals surface area contributed by atoms with Crippen molar-refractivity contribution in [3.8, 4) is 0 Å². The molecule has 2 atom stereocenters. The number of benzene rings is 1. The van der Waals surface area contributed by atoms with E-state index in [-0.39, 0.29) is 18.7 Å². The van der Waals surface area contributed by atoms with Crippen LogP contribution in [0.25, 0.3) is 0 Å². The zero-order valence-corrected chi connectivity index (χ0v) is 12.1. The highest BCUT2D eigenvalue weighted by Crippen LogP contribution is 2.22. The summed E-state index contributed by atoms with van der Waals surface area (Å²) in [5, 5.41) is 3.47. The summed E-state index contributed by atoms with van der Waals surface area (Å²) in [7, 11) is 0. The molecule has 118 valence electrons. The number of halogens is 3. The Labute approximate surface area is 123 Å². The van der Waals surface area contributed by atoms with Gasteiger partial charge in [-0.1, -0.05) is 37.3 Å². The molecule has 1 heterocycles. The minimum atomic E-state index is -4.55. The molecule has 1 aliphatic rings. The van der Waals surface area contributed by atoms with Crippen LogP contribution in [0.5, 0.6) is 0 Å². The number of nitrogens with one attached hydrogen (secondary N) is 1. The predicted molar refractivity (Wildman–Crippen MR) is 74.8 cm³/mol. The minimum absolute atomic E-state index is 0.153. The summed E-state index contributed by atoms with van der Waals surface area (Å²) in [6.07, 6.45) is -3.64. The smallest absolute Gasteiger partial charge is 0.307 e. The van der Waals surface area contributed by atoms with Crippen LogP contribution in [0.1, 0.15) is 24.9 Å². The molecule has 0 spiro atoms. The molecule has 1 aromatic carbocycles. The number of rotatable bonds is 5. The Kier molecular flexibility index (Phi) is 5.61. The molecule has 1 N–H and O–H groups in total. The molecular formula is C15H21F3N2O. The highest BCUT2D eigenvalue weighted by atomic mass is 19.4. The Morgan fingerprint density at radius 1 is 1.29 bits per heavy atom. The Morgan fingerprint density at radius 2 is 2.00 bits per heavy atom. The summed E-state index contributed by atoms with van der Waals surface area (Å²) in [5.41, 5.74) is 1.16. The molecule has 0 aromatic heterocycles. The van der Waals surface area contributed by atoms with Crippen molar-refractivity contribution in [3.63, 3.8) is 0 Å². The SMILES string of the molecule is CCC1CNC(c2ccccc2)CN1CCOC(F)(F)F. The second-order valence-corrected chi connectivity index (χ2v) is 5.22. The van der Waals surface area contributed by atoms with Gasteiger partial charge < -0.3 is 5.32 Å². The van der Waals surface area contributed by atoms with Crippen LogP contribution in [0.3, 0.4) is 0 Å². The van der Waals surface area contributed by atoms with Crippen molar-refractivity contribution in [3.05, 3.63) is 35.9 Å². The van der Waals surface area contributed by atoms with E-state index < -0.39 is 6.36 Å². The predicted octanol–water partition coefficient (Wildman–Crippen LogP) is 2.95. The van der Waals surface area contributed by atoms with Crippen LogP contribution in [0.4, 0.5) is 13.2 Å². The van der Waals surface area contributed by atoms with E-state index in [1.54, 1.807) is 0 Å². The zero-order valence-electron chi connectivity index (χ0n) is 12.1. The summed E-state index contributed by atoms with van der Waals surface area (Å²) >= 11 is 0. The van der Waals surface area contributed by atoms with E-state index in [2.05, 4.69) is 15.0 Å². The molecule has 0 saturated carbocycles. The maximum atomic E-state index is 12.1. The monoisotopic (exact) mass is 302 g/mol. The van der Waals surface area contributed by atoms with E-state index >= 15 is 0 Å². The lowest BCUT2D eigenvalue weighted by atomic mass is 10.0. The molecular weight excluding hydrogens is 281 g/mol. The summed E-state index contributed by atoms with van der Waals surface area (Å²) < 4.78 is 40.1. The van der Waals surface area contributed by atoms with Gasteiger partial charge in [-0.25, -0.2) is 0 Å². The fraction of sp³-hybridized carbons (Fsp3) is 0.600. The Morgan fingerprint density at radius 3 is 2.62 bits per heavy atom.